The van der Waals surface area contributed by atoms with E-state index >= 15 is 0 Å². The fourth-order valence-corrected chi connectivity index (χ4v) is 5.23. The Balaban J connectivity index is 1.50. The number of aliphatic hydroxyl groups is 1. The van der Waals surface area contributed by atoms with Gasteiger partial charge in [-0.05, 0) is 25.5 Å². The van der Waals surface area contributed by atoms with Crippen molar-refractivity contribution in [2.75, 3.05) is 45.9 Å². The lowest BCUT2D eigenvalue weighted by atomic mass is 10.1. The van der Waals surface area contributed by atoms with E-state index in [0.29, 0.717) is 10.9 Å². The molecule has 0 bridgehead atoms. The Kier molecular flexibility index (Phi) is 10.7. The number of hydrogen-bond donors (Lipinski definition) is 4. The third-order valence-corrected chi connectivity index (χ3v) is 7.51. The maximum absolute atomic E-state index is 13.4. The fourth-order valence-electron chi connectivity index (χ4n) is 5.23. The second kappa shape index (κ2) is 14.7. The Morgan fingerprint density at radius 1 is 1.04 bits per heavy atom. The molecule has 16 nitrogen and oxygen atoms in total. The van der Waals surface area contributed by atoms with Crippen LogP contribution in [0.1, 0.15) is 36.7 Å². The third-order valence-electron chi connectivity index (χ3n) is 7.51. The number of nitrogens with zero attached hydrogens (tertiary/aromatic N) is 4. The average Bonchev–Trinajstić information content (AvgIpc) is 3.43. The molecule has 2 aliphatic heterocycles. The fraction of sp³-hybridized carbons (Fsp3) is 0.483. The van der Waals surface area contributed by atoms with Gasteiger partial charge in [0.2, 0.25) is 5.91 Å². The lowest BCUT2D eigenvalue weighted by Crippen LogP contribution is -2.56. The number of aliphatic hydroxyl groups excluding tert-OH is 1. The molecule has 1 aromatic carbocycles. The molecule has 2 fully saturated rings. The van der Waals surface area contributed by atoms with Crippen LogP contribution < -0.4 is 10.1 Å². The normalized spacial score (nSPS) is 18.8. The van der Waals surface area contributed by atoms with Crippen LogP contribution in [0.15, 0.2) is 30.3 Å². The number of rotatable bonds is 11. The van der Waals surface area contributed by atoms with Crippen molar-refractivity contribution < 1.29 is 53.6 Å². The number of carboxylic acids is 2. The van der Waals surface area contributed by atoms with Crippen molar-refractivity contribution >= 4 is 46.7 Å². The second-order valence-corrected chi connectivity index (χ2v) is 10.6. The third kappa shape index (κ3) is 8.14. The van der Waals surface area contributed by atoms with Crippen LogP contribution in [0.4, 0.5) is 4.79 Å². The van der Waals surface area contributed by atoms with Gasteiger partial charge in [0, 0.05) is 57.0 Å². The summed E-state index contributed by atoms with van der Waals surface area (Å²) in [5.41, 5.74) is 0.160. The Bertz CT molecular complexity index is 1460. The van der Waals surface area contributed by atoms with Gasteiger partial charge in [-0.25, -0.2) is 14.6 Å². The highest BCUT2D eigenvalue weighted by atomic mass is 16.6. The first-order chi connectivity index (χ1) is 21.5. The quantitative estimate of drug-likeness (QED) is 0.257. The zero-order chi connectivity index (χ0) is 32.7. The number of para-hydroxylation sites is 1. The van der Waals surface area contributed by atoms with Crippen LogP contribution in [0.2, 0.25) is 0 Å². The number of fused-ring (bicyclic) bond motifs is 1. The molecule has 4 rings (SSSR count). The monoisotopic (exact) mass is 629 g/mol. The van der Waals surface area contributed by atoms with E-state index < -0.39 is 67.0 Å². The number of ether oxygens (including phenoxy) is 2. The zero-order valence-electron chi connectivity index (χ0n) is 24.6. The molecule has 1 aromatic heterocycles. The Hall–Kier alpha value is -4.99. The van der Waals surface area contributed by atoms with E-state index in [2.05, 4.69) is 10.3 Å². The number of carbonyl (C=O) groups is 6. The summed E-state index contributed by atoms with van der Waals surface area (Å²) >= 11 is 0. The molecule has 0 spiro atoms. The number of piperazine rings is 1. The summed E-state index contributed by atoms with van der Waals surface area (Å²) in [7, 11) is 0. The van der Waals surface area contributed by atoms with Crippen molar-refractivity contribution in [2.24, 2.45) is 0 Å². The lowest BCUT2D eigenvalue weighted by Gasteiger charge is -2.35. The summed E-state index contributed by atoms with van der Waals surface area (Å²) in [4.78, 5) is 82.8. The van der Waals surface area contributed by atoms with E-state index in [4.69, 9.17) is 9.47 Å². The van der Waals surface area contributed by atoms with Gasteiger partial charge in [-0.1, -0.05) is 12.1 Å². The number of nitrogens with one attached hydrogen (secondary N) is 1. The molecule has 2 aromatic rings. The Morgan fingerprint density at radius 3 is 2.40 bits per heavy atom. The van der Waals surface area contributed by atoms with Crippen molar-refractivity contribution in [1.82, 2.24) is 25.0 Å². The molecule has 2 aliphatic rings. The van der Waals surface area contributed by atoms with E-state index in [9.17, 15) is 44.1 Å². The van der Waals surface area contributed by atoms with E-state index in [-0.39, 0.29) is 63.6 Å². The van der Waals surface area contributed by atoms with Crippen LogP contribution in [-0.4, -0.2) is 135 Å². The highest BCUT2D eigenvalue weighted by Crippen LogP contribution is 2.26. The molecule has 3 atom stereocenters. The molecule has 4 N–H and O–H groups in total. The van der Waals surface area contributed by atoms with Crippen molar-refractivity contribution in [3.05, 3.63) is 36.0 Å². The minimum absolute atomic E-state index is 0.0919. The number of aliphatic carboxylic acids is 2. The zero-order valence-corrected chi connectivity index (χ0v) is 24.6. The minimum Gasteiger partial charge on any atom is -0.483 e. The maximum atomic E-state index is 13.4. The van der Waals surface area contributed by atoms with Gasteiger partial charge in [0.15, 0.2) is 6.61 Å². The van der Waals surface area contributed by atoms with Gasteiger partial charge in [-0.15, -0.1) is 0 Å². The summed E-state index contributed by atoms with van der Waals surface area (Å²) in [6, 6.07) is 5.49. The standard InChI is InChI=1S/C29H35N5O11/c1-2-44-29(43)33-11-9-32(10-12-33)27(40)20(7-8-25(37)38)31-26(39)21-14-23(18-5-3-4-6-19(18)30-21)45-16-24(36)34-15-17(35)13-22(34)28(41)42/h3-6,14,17,20,22,35H,2,7-13,15-16H2,1H3,(H,31,39)(H,37,38)(H,41,42)/t17-,20+,22-/m1/s1. The summed E-state index contributed by atoms with van der Waals surface area (Å²) in [6.07, 6.45) is -2.18. The molecule has 242 valence electrons. The number of benzene rings is 1. The number of hydrogen-bond acceptors (Lipinski definition) is 10. The van der Waals surface area contributed by atoms with Crippen LogP contribution in [0.5, 0.6) is 5.75 Å². The predicted molar refractivity (Wildman–Crippen MR) is 154 cm³/mol. The van der Waals surface area contributed by atoms with Crippen LogP contribution >= 0.6 is 0 Å². The first-order valence-corrected chi connectivity index (χ1v) is 14.4. The lowest BCUT2D eigenvalue weighted by molar-refractivity contribution is -0.149. The minimum atomic E-state index is -1.25. The summed E-state index contributed by atoms with van der Waals surface area (Å²) in [5.74, 6) is -4.30. The van der Waals surface area contributed by atoms with Gasteiger partial charge in [-0.3, -0.25) is 19.2 Å². The SMILES string of the molecule is CCOC(=O)N1CCN(C(=O)[C@H](CCC(=O)O)NC(=O)c2cc(OCC(=O)N3C[C@H](O)C[C@@H]3C(=O)O)c3ccccc3n2)CC1. The number of aromatic nitrogens is 1. The second-order valence-electron chi connectivity index (χ2n) is 10.6. The van der Waals surface area contributed by atoms with Gasteiger partial charge in [0.05, 0.1) is 18.2 Å². The number of pyridine rings is 1. The molecule has 2 saturated heterocycles. The largest absolute Gasteiger partial charge is 0.483 e. The van der Waals surface area contributed by atoms with Crippen molar-refractivity contribution in [2.45, 2.75) is 44.4 Å². The van der Waals surface area contributed by atoms with Crippen LogP contribution in [0.25, 0.3) is 10.9 Å². The van der Waals surface area contributed by atoms with Gasteiger partial charge in [-0.2, -0.15) is 0 Å². The number of β-amino-alcohol motifs (C(OH)–C–C–N with tert-alkyl or cyclic N) is 1. The van der Waals surface area contributed by atoms with Gasteiger partial charge in [0.25, 0.3) is 11.8 Å². The van der Waals surface area contributed by atoms with E-state index in [1.54, 1.807) is 31.2 Å². The van der Waals surface area contributed by atoms with E-state index in [0.717, 1.165) is 4.90 Å². The first-order valence-electron chi connectivity index (χ1n) is 14.4. The summed E-state index contributed by atoms with van der Waals surface area (Å²) in [6.45, 7) is 1.89. The molecule has 16 heteroatoms. The number of amides is 4. The van der Waals surface area contributed by atoms with E-state index in [1.807, 2.05) is 0 Å². The first kappa shape index (κ1) is 32.9. The number of carbonyl (C=O) groups excluding carboxylic acids is 4. The van der Waals surface area contributed by atoms with Gasteiger partial charge in [0.1, 0.15) is 23.5 Å². The highest BCUT2D eigenvalue weighted by Gasteiger charge is 2.39. The van der Waals surface area contributed by atoms with Crippen LogP contribution in [0, 0.1) is 0 Å². The number of carboxylic acid groups (broad SMARTS) is 2. The summed E-state index contributed by atoms with van der Waals surface area (Å²) in [5, 5.41) is 31.6. The molecule has 4 amide bonds. The molecular weight excluding hydrogens is 594 g/mol. The molecule has 0 saturated carbocycles. The van der Waals surface area contributed by atoms with Crippen LogP contribution in [0.3, 0.4) is 0 Å². The Labute approximate surface area is 257 Å². The molecule has 0 unspecified atom stereocenters. The molecule has 0 radical (unpaired) electrons. The molecule has 0 aliphatic carbocycles. The van der Waals surface area contributed by atoms with E-state index in [1.165, 1.54) is 15.9 Å². The molecule has 45 heavy (non-hydrogen) atoms. The summed E-state index contributed by atoms with van der Waals surface area (Å²) < 4.78 is 10.7. The van der Waals surface area contributed by atoms with Crippen LogP contribution in [-0.2, 0) is 23.9 Å². The van der Waals surface area contributed by atoms with Crippen molar-refractivity contribution in [3.8, 4) is 5.75 Å². The maximum Gasteiger partial charge on any atom is 0.409 e. The predicted octanol–water partition coefficient (Wildman–Crippen LogP) is -0.0761. The molecular formula is C29H35N5O11. The number of likely N-dealkylation sites (tertiary alicyclic amines) is 1. The highest BCUT2D eigenvalue weighted by molar-refractivity contribution is 5.99. The van der Waals surface area contributed by atoms with Crippen molar-refractivity contribution in [1.29, 1.82) is 0 Å². The molecule has 3 heterocycles. The van der Waals surface area contributed by atoms with Gasteiger partial charge < -0.3 is 44.8 Å². The smallest absolute Gasteiger partial charge is 0.409 e. The average molecular weight is 630 g/mol. The van der Waals surface area contributed by atoms with Crippen molar-refractivity contribution in [3.63, 3.8) is 0 Å². The van der Waals surface area contributed by atoms with Gasteiger partial charge >= 0.3 is 18.0 Å². The topological polar surface area (TPSA) is 216 Å². The Morgan fingerprint density at radius 2 is 1.73 bits per heavy atom.